The van der Waals surface area contributed by atoms with Gasteiger partial charge in [-0.05, 0) is 17.6 Å². The van der Waals surface area contributed by atoms with Crippen LogP contribution in [0.15, 0.2) is 17.6 Å². The fraction of sp³-hybridized carbons (Fsp3) is 0.667. The molecule has 17 heavy (non-hydrogen) atoms. The summed E-state index contributed by atoms with van der Waals surface area (Å²) in [5.41, 5.74) is 3.02. The molecule has 0 spiro atoms. The van der Waals surface area contributed by atoms with Gasteiger partial charge in [0.25, 0.3) is 0 Å². The van der Waals surface area contributed by atoms with Crippen molar-refractivity contribution in [2.75, 3.05) is 13.2 Å². The smallest absolute Gasteiger partial charge is 0.0859 e. The van der Waals surface area contributed by atoms with E-state index in [4.69, 9.17) is 4.74 Å². The van der Waals surface area contributed by atoms with Gasteiger partial charge in [0.15, 0.2) is 0 Å². The van der Waals surface area contributed by atoms with E-state index < -0.39 is 16.1 Å². The molecule has 0 radical (unpaired) electrons. The zero-order valence-electron chi connectivity index (χ0n) is 11.6. The lowest BCUT2D eigenvalue weighted by Gasteiger charge is -2.22. The predicted molar refractivity (Wildman–Crippen MR) is 99.6 cm³/mol. The number of rotatable bonds is 2. The Morgan fingerprint density at radius 3 is 1.35 bits per heavy atom. The highest BCUT2D eigenvalue weighted by atomic mass is 127. The second kappa shape index (κ2) is 5.76. The number of hydrogen-bond acceptors (Lipinski definition) is 1. The second-order valence-corrected chi connectivity index (χ2v) is 20.8. The van der Waals surface area contributed by atoms with Crippen LogP contribution in [0, 0.1) is 0 Å². The Bertz CT molecular complexity index is 337. The van der Waals surface area contributed by atoms with Gasteiger partial charge in [-0.2, -0.15) is 0 Å². The summed E-state index contributed by atoms with van der Waals surface area (Å²) in [6.07, 6.45) is 0. The molecule has 0 aliphatic carbocycles. The quantitative estimate of drug-likeness (QED) is 0.383. The highest BCUT2D eigenvalue weighted by molar-refractivity contribution is 14.1. The molecule has 0 N–H and O–H groups in total. The first-order valence-corrected chi connectivity index (χ1v) is 15.1. The fourth-order valence-corrected chi connectivity index (χ4v) is 4.95. The number of hydrogen-bond donors (Lipinski definition) is 0. The molecular weight excluding hydrogens is 470 g/mol. The van der Waals surface area contributed by atoms with Crippen molar-refractivity contribution in [2.24, 2.45) is 0 Å². The Hall–Kier alpha value is 1.33. The normalized spacial score (nSPS) is 24.0. The predicted octanol–water partition coefficient (Wildman–Crippen LogP) is 5.15. The molecule has 0 aromatic heterocycles. The SMILES string of the molecule is C[Si](C)(C)/C(I)=C1\COC\C1=C(\I)[Si](C)(C)C. The third-order valence-electron chi connectivity index (χ3n) is 2.70. The number of halogens is 2. The summed E-state index contributed by atoms with van der Waals surface area (Å²) in [7, 11) is -2.42. The van der Waals surface area contributed by atoms with Crippen molar-refractivity contribution in [2.45, 2.75) is 39.3 Å². The van der Waals surface area contributed by atoms with Crippen molar-refractivity contribution in [3.63, 3.8) is 0 Å². The maximum absolute atomic E-state index is 5.72. The molecule has 1 aliphatic rings. The Morgan fingerprint density at radius 1 is 0.824 bits per heavy atom. The summed E-state index contributed by atoms with van der Waals surface area (Å²) >= 11 is 5.13. The molecule has 1 fully saturated rings. The summed E-state index contributed by atoms with van der Waals surface area (Å²) in [5.74, 6) is 0. The van der Waals surface area contributed by atoms with Crippen LogP contribution in [0.4, 0.5) is 0 Å². The van der Waals surface area contributed by atoms with E-state index in [1.165, 1.54) is 11.1 Å². The maximum atomic E-state index is 5.72. The lowest BCUT2D eigenvalue weighted by molar-refractivity contribution is 0.215. The van der Waals surface area contributed by atoms with Gasteiger partial charge in [0.2, 0.25) is 0 Å². The molecule has 1 aliphatic heterocycles. The van der Waals surface area contributed by atoms with Gasteiger partial charge in [-0.1, -0.05) is 84.5 Å². The van der Waals surface area contributed by atoms with Crippen molar-refractivity contribution in [3.05, 3.63) is 17.6 Å². The minimum atomic E-state index is -1.21. The molecular formula is C12H22I2OSi2. The van der Waals surface area contributed by atoms with E-state index in [9.17, 15) is 0 Å². The van der Waals surface area contributed by atoms with Crippen molar-refractivity contribution in [1.82, 2.24) is 0 Å². The van der Waals surface area contributed by atoms with E-state index >= 15 is 0 Å². The van der Waals surface area contributed by atoms with Crippen LogP contribution in [0.25, 0.3) is 0 Å². The van der Waals surface area contributed by atoms with Gasteiger partial charge in [0.05, 0.1) is 29.4 Å². The summed E-state index contributed by atoms with van der Waals surface area (Å²) < 4.78 is 8.91. The van der Waals surface area contributed by atoms with Gasteiger partial charge in [-0.25, -0.2) is 0 Å². The third kappa shape index (κ3) is 4.15. The lowest BCUT2D eigenvalue weighted by atomic mass is 10.2. The third-order valence-corrected chi connectivity index (χ3v) is 17.0. The van der Waals surface area contributed by atoms with Crippen LogP contribution in [0.5, 0.6) is 0 Å². The molecule has 0 atom stereocenters. The molecule has 0 aromatic carbocycles. The van der Waals surface area contributed by atoms with E-state index in [-0.39, 0.29) is 0 Å². The van der Waals surface area contributed by atoms with E-state index in [2.05, 4.69) is 84.5 Å². The first-order valence-electron chi connectivity index (χ1n) is 5.91. The van der Waals surface area contributed by atoms with Crippen LogP contribution >= 0.6 is 45.2 Å². The molecule has 0 amide bonds. The van der Waals surface area contributed by atoms with Gasteiger partial charge in [0.1, 0.15) is 0 Å². The van der Waals surface area contributed by atoms with E-state index in [1.807, 2.05) is 0 Å². The first-order chi connectivity index (χ1) is 7.55. The molecule has 5 heteroatoms. The Balaban J connectivity index is 3.29. The Labute approximate surface area is 135 Å². The average Bonchev–Trinajstić information content (AvgIpc) is 2.60. The van der Waals surface area contributed by atoms with Crippen LogP contribution in [0.1, 0.15) is 0 Å². The van der Waals surface area contributed by atoms with E-state index in [0.717, 1.165) is 13.2 Å². The summed E-state index contributed by atoms with van der Waals surface area (Å²) in [6.45, 7) is 16.2. The zero-order chi connectivity index (χ0) is 13.4. The molecule has 0 bridgehead atoms. The highest BCUT2D eigenvalue weighted by Crippen LogP contribution is 2.37. The van der Waals surface area contributed by atoms with Gasteiger partial charge in [-0.15, -0.1) is 0 Å². The molecule has 0 saturated carbocycles. The van der Waals surface area contributed by atoms with Crippen LogP contribution in [-0.4, -0.2) is 29.4 Å². The molecule has 1 saturated heterocycles. The molecule has 1 heterocycles. The van der Waals surface area contributed by atoms with Gasteiger partial charge >= 0.3 is 0 Å². The van der Waals surface area contributed by atoms with Gasteiger partial charge in [0, 0.05) is 0 Å². The summed E-state index contributed by atoms with van der Waals surface area (Å²) in [5, 5.41) is 0. The maximum Gasteiger partial charge on any atom is 0.0859 e. The fourth-order valence-electron chi connectivity index (χ4n) is 1.73. The highest BCUT2D eigenvalue weighted by Gasteiger charge is 2.30. The largest absolute Gasteiger partial charge is 0.372 e. The molecule has 0 unspecified atom stereocenters. The van der Waals surface area contributed by atoms with E-state index in [1.54, 1.807) is 6.41 Å². The first kappa shape index (κ1) is 16.4. The van der Waals surface area contributed by atoms with Crippen molar-refractivity contribution < 1.29 is 4.74 Å². The van der Waals surface area contributed by atoms with Crippen LogP contribution in [-0.2, 0) is 4.74 Å². The van der Waals surface area contributed by atoms with Crippen LogP contribution in [0.3, 0.4) is 0 Å². The van der Waals surface area contributed by atoms with Crippen LogP contribution < -0.4 is 0 Å². The minimum absolute atomic E-state index is 0.828. The molecule has 1 rings (SSSR count). The summed E-state index contributed by atoms with van der Waals surface area (Å²) in [6, 6.07) is 0. The van der Waals surface area contributed by atoms with Gasteiger partial charge in [-0.3, -0.25) is 0 Å². The standard InChI is InChI=1S/C12H22I2OSi2/c1-16(2,3)11(13)9-7-15-8-10(9)12(14)17(4,5)6/h7-8H2,1-6H3/b11-9+,12-10+. The second-order valence-electron chi connectivity index (χ2n) is 6.58. The Kier molecular flexibility index (Phi) is 5.55. The molecule has 98 valence electrons. The van der Waals surface area contributed by atoms with Crippen LogP contribution in [0.2, 0.25) is 39.3 Å². The summed E-state index contributed by atoms with van der Waals surface area (Å²) in [4.78, 5) is 0. The van der Waals surface area contributed by atoms with Crippen molar-refractivity contribution in [1.29, 1.82) is 0 Å². The zero-order valence-corrected chi connectivity index (χ0v) is 17.9. The van der Waals surface area contributed by atoms with E-state index in [0.29, 0.717) is 0 Å². The number of ether oxygens (including phenoxy) is 1. The molecule has 0 aromatic rings. The minimum Gasteiger partial charge on any atom is -0.372 e. The molecule has 1 nitrogen and oxygen atoms in total. The monoisotopic (exact) mass is 492 g/mol. The van der Waals surface area contributed by atoms with Crippen molar-refractivity contribution >= 4 is 61.3 Å². The van der Waals surface area contributed by atoms with Gasteiger partial charge < -0.3 is 4.74 Å². The average molecular weight is 492 g/mol. The van der Waals surface area contributed by atoms with Crippen molar-refractivity contribution in [3.8, 4) is 0 Å². The Morgan fingerprint density at radius 2 is 1.12 bits per heavy atom. The topological polar surface area (TPSA) is 9.23 Å². The lowest BCUT2D eigenvalue weighted by Crippen LogP contribution is -2.25.